The Bertz CT molecular complexity index is 327. The Labute approximate surface area is 135 Å². The summed E-state index contributed by atoms with van der Waals surface area (Å²) in [6, 6.07) is 3.14. The lowest BCUT2D eigenvalue weighted by Crippen LogP contribution is -2.45. The minimum atomic E-state index is -1.79. The van der Waals surface area contributed by atoms with Gasteiger partial charge >= 0.3 is 5.97 Å². The van der Waals surface area contributed by atoms with Crippen LogP contribution in [0.25, 0.3) is 0 Å². The summed E-state index contributed by atoms with van der Waals surface area (Å²) in [5.74, 6) is -0.434. The molecule has 0 spiro atoms. The average molecular weight is 333 g/mol. The molecule has 1 aliphatic rings. The summed E-state index contributed by atoms with van der Waals surface area (Å²) in [7, 11) is 1.32. The largest absolute Gasteiger partial charge is 0.469 e. The van der Waals surface area contributed by atoms with E-state index in [0.29, 0.717) is 12.3 Å². The summed E-state index contributed by atoms with van der Waals surface area (Å²) in [5, 5.41) is 0. The summed E-state index contributed by atoms with van der Waals surface area (Å²) >= 11 is 0. The maximum Gasteiger partial charge on any atom is 0.305 e. The molecule has 0 aliphatic heterocycles. The topological polar surface area (TPSA) is 54.0 Å². The first kappa shape index (κ1) is 19.6. The van der Waals surface area contributed by atoms with Gasteiger partial charge in [-0.2, -0.15) is 0 Å². The minimum Gasteiger partial charge on any atom is -0.469 e. The van der Waals surface area contributed by atoms with Crippen LogP contribution < -0.4 is 0 Å². The molecule has 6 heteroatoms. The zero-order valence-electron chi connectivity index (χ0n) is 14.8. The van der Waals surface area contributed by atoms with Gasteiger partial charge in [-0.05, 0) is 36.9 Å². The lowest BCUT2D eigenvalue weighted by Gasteiger charge is -2.40. The number of carbonyl (C=O) groups is 1. The molecule has 0 radical (unpaired) electrons. The Morgan fingerprint density at radius 3 is 2.05 bits per heavy atom. The predicted octanol–water partition coefficient (Wildman–Crippen LogP) is 4.04. The van der Waals surface area contributed by atoms with Gasteiger partial charge in [-0.15, -0.1) is 0 Å². The molecule has 0 heterocycles. The highest BCUT2D eigenvalue weighted by atomic mass is 28.4. The van der Waals surface area contributed by atoms with E-state index in [0.717, 1.165) is 43.8 Å². The van der Waals surface area contributed by atoms with Crippen molar-refractivity contribution in [2.24, 2.45) is 5.92 Å². The van der Waals surface area contributed by atoms with Gasteiger partial charge in [0.25, 0.3) is 0 Å². The molecular formula is C16H32O5Si. The van der Waals surface area contributed by atoms with Gasteiger partial charge < -0.3 is 9.47 Å². The van der Waals surface area contributed by atoms with E-state index in [2.05, 4.69) is 20.8 Å². The maximum absolute atomic E-state index is 11.4. The zero-order chi connectivity index (χ0) is 16.6. The van der Waals surface area contributed by atoms with Crippen LogP contribution in [0.4, 0.5) is 0 Å². The number of methoxy groups -OCH3 is 2. The Morgan fingerprint density at radius 2 is 1.64 bits per heavy atom. The van der Waals surface area contributed by atoms with Crippen molar-refractivity contribution in [3.63, 3.8) is 0 Å². The van der Waals surface area contributed by atoms with Crippen molar-refractivity contribution in [1.82, 2.24) is 0 Å². The van der Waals surface area contributed by atoms with E-state index in [1.165, 1.54) is 7.11 Å². The lowest BCUT2D eigenvalue weighted by atomic mass is 9.83. The van der Waals surface area contributed by atoms with Crippen molar-refractivity contribution < 1.29 is 23.7 Å². The summed E-state index contributed by atoms with van der Waals surface area (Å²) in [6.07, 6.45) is 3.78. The van der Waals surface area contributed by atoms with Gasteiger partial charge in [-0.1, -0.05) is 20.8 Å². The lowest BCUT2D eigenvalue weighted by molar-refractivity contribution is -0.392. The Kier molecular flexibility index (Phi) is 8.03. The van der Waals surface area contributed by atoms with Gasteiger partial charge in [0, 0.05) is 26.4 Å². The van der Waals surface area contributed by atoms with Crippen LogP contribution in [-0.4, -0.2) is 34.3 Å². The van der Waals surface area contributed by atoms with Crippen LogP contribution in [0.15, 0.2) is 0 Å². The van der Waals surface area contributed by atoms with Gasteiger partial charge in [0.2, 0.25) is 8.32 Å². The Morgan fingerprint density at radius 1 is 1.09 bits per heavy atom. The summed E-state index contributed by atoms with van der Waals surface area (Å²) in [6.45, 7) is 6.53. The van der Waals surface area contributed by atoms with Crippen molar-refractivity contribution in [3.05, 3.63) is 0 Å². The molecule has 0 aromatic heterocycles. The number of ether oxygens (including phenoxy) is 2. The molecule has 1 aliphatic carbocycles. The third-order valence-corrected chi connectivity index (χ3v) is 9.53. The van der Waals surface area contributed by atoms with Crippen molar-refractivity contribution in [3.8, 4) is 0 Å². The molecule has 0 aromatic carbocycles. The first-order valence-electron chi connectivity index (χ1n) is 8.47. The third kappa shape index (κ3) is 5.04. The van der Waals surface area contributed by atoms with Crippen LogP contribution in [0.2, 0.25) is 18.1 Å². The molecule has 0 unspecified atom stereocenters. The number of hydrogen-bond acceptors (Lipinski definition) is 5. The van der Waals surface area contributed by atoms with E-state index >= 15 is 0 Å². The molecule has 0 aromatic rings. The van der Waals surface area contributed by atoms with Gasteiger partial charge in [0.05, 0.1) is 7.11 Å². The third-order valence-electron chi connectivity index (χ3n) is 5.23. The average Bonchev–Trinajstić information content (AvgIpc) is 2.58. The molecule has 0 saturated heterocycles. The smallest absolute Gasteiger partial charge is 0.305 e. The normalized spacial score (nSPS) is 26.0. The highest BCUT2D eigenvalue weighted by molar-refractivity contribution is 6.73. The van der Waals surface area contributed by atoms with Crippen LogP contribution in [0.5, 0.6) is 0 Å². The molecule has 1 fully saturated rings. The maximum atomic E-state index is 11.4. The molecule has 0 amide bonds. The molecule has 130 valence electrons. The first-order chi connectivity index (χ1) is 10.5. The molecule has 1 rings (SSSR count). The number of rotatable bonds is 9. The molecule has 0 N–H and O–H groups in total. The van der Waals surface area contributed by atoms with Crippen LogP contribution in [0, 0.1) is 5.92 Å². The molecule has 1 saturated carbocycles. The fourth-order valence-corrected chi connectivity index (χ4v) is 5.24. The number of esters is 1. The Balaban J connectivity index is 2.55. The zero-order valence-corrected chi connectivity index (χ0v) is 15.8. The second-order valence-electron chi connectivity index (χ2n) is 6.25. The van der Waals surface area contributed by atoms with Gasteiger partial charge in [0.15, 0.2) is 5.79 Å². The quantitative estimate of drug-likeness (QED) is 0.210. The Hall–Kier alpha value is -0.433. The van der Waals surface area contributed by atoms with Crippen LogP contribution in [0.3, 0.4) is 0 Å². The van der Waals surface area contributed by atoms with Crippen LogP contribution in [-0.2, 0) is 23.7 Å². The second kappa shape index (κ2) is 9.01. The number of hydrogen-bond donors (Lipinski definition) is 0. The highest BCUT2D eigenvalue weighted by Gasteiger charge is 2.41. The summed E-state index contributed by atoms with van der Waals surface area (Å²) < 4.78 is 16.4. The summed E-state index contributed by atoms with van der Waals surface area (Å²) in [5.41, 5.74) is 0. The van der Waals surface area contributed by atoms with E-state index in [-0.39, 0.29) is 5.97 Å². The molecular weight excluding hydrogens is 300 g/mol. The number of carbonyl (C=O) groups excluding carboxylic acids is 1. The molecule has 5 nitrogen and oxygen atoms in total. The van der Waals surface area contributed by atoms with Gasteiger partial charge in [0.1, 0.15) is 0 Å². The fourth-order valence-electron chi connectivity index (χ4n) is 3.05. The van der Waals surface area contributed by atoms with Crippen molar-refractivity contribution in [2.75, 3.05) is 14.2 Å². The van der Waals surface area contributed by atoms with Crippen LogP contribution >= 0.6 is 0 Å². The van der Waals surface area contributed by atoms with E-state index in [1.54, 1.807) is 7.11 Å². The van der Waals surface area contributed by atoms with Crippen molar-refractivity contribution in [1.29, 1.82) is 0 Å². The summed E-state index contributed by atoms with van der Waals surface area (Å²) in [4.78, 5) is 17.2. The van der Waals surface area contributed by atoms with Gasteiger partial charge in [-0.25, -0.2) is 4.89 Å². The second-order valence-corrected chi connectivity index (χ2v) is 10.9. The van der Waals surface area contributed by atoms with Gasteiger partial charge in [-0.3, -0.25) is 9.37 Å². The van der Waals surface area contributed by atoms with Crippen molar-refractivity contribution >= 4 is 14.3 Å². The molecule has 0 atom stereocenters. The monoisotopic (exact) mass is 332 g/mol. The first-order valence-corrected chi connectivity index (χ1v) is 11.0. The standard InChI is InChI=1S/C16H32O5Si/c1-6-22(7-2,8-3)21-20-16(19-5)11-9-14(10-12-16)13-15(17)18-4/h14H,6-13H2,1-5H3. The fraction of sp³-hybridized carbons (Fsp3) is 0.938. The predicted molar refractivity (Wildman–Crippen MR) is 87.7 cm³/mol. The van der Waals surface area contributed by atoms with Crippen molar-refractivity contribution in [2.45, 2.75) is 76.8 Å². The molecule has 22 heavy (non-hydrogen) atoms. The SMILES string of the molecule is CC[Si](CC)(CC)OOC1(OC)CCC(CC(=O)OC)CC1. The molecule has 0 bridgehead atoms. The highest BCUT2D eigenvalue weighted by Crippen LogP contribution is 2.38. The minimum absolute atomic E-state index is 0.138. The van der Waals surface area contributed by atoms with E-state index in [4.69, 9.17) is 18.9 Å². The van der Waals surface area contributed by atoms with E-state index in [9.17, 15) is 4.79 Å². The van der Waals surface area contributed by atoms with E-state index < -0.39 is 14.1 Å². The van der Waals surface area contributed by atoms with E-state index in [1.807, 2.05) is 0 Å². The van der Waals surface area contributed by atoms with Crippen LogP contribution in [0.1, 0.15) is 52.9 Å².